The molecule has 1 aromatic carbocycles. The van der Waals surface area contributed by atoms with Gasteiger partial charge in [-0.15, -0.1) is 0 Å². The lowest BCUT2D eigenvalue weighted by Gasteiger charge is -2.06. The van der Waals surface area contributed by atoms with E-state index in [0.717, 1.165) is 16.6 Å². The van der Waals surface area contributed by atoms with Crippen molar-refractivity contribution in [3.63, 3.8) is 0 Å². The van der Waals surface area contributed by atoms with Crippen LogP contribution in [0.2, 0.25) is 0 Å². The van der Waals surface area contributed by atoms with E-state index in [1.165, 1.54) is 5.56 Å². The molecule has 0 fully saturated rings. The third kappa shape index (κ3) is 3.07. The SMILES string of the molecule is Oc1ccc(Br)cc1CNCc1ccsc1. The van der Waals surface area contributed by atoms with Gasteiger partial charge >= 0.3 is 0 Å². The molecule has 0 bridgehead atoms. The van der Waals surface area contributed by atoms with Crippen LogP contribution >= 0.6 is 27.3 Å². The molecule has 0 amide bonds. The van der Waals surface area contributed by atoms with Gasteiger partial charge in [0.1, 0.15) is 5.75 Å². The van der Waals surface area contributed by atoms with E-state index >= 15 is 0 Å². The fourth-order valence-electron chi connectivity index (χ4n) is 1.43. The van der Waals surface area contributed by atoms with Crippen LogP contribution in [0, 0.1) is 0 Å². The molecule has 0 atom stereocenters. The summed E-state index contributed by atoms with van der Waals surface area (Å²) in [7, 11) is 0. The van der Waals surface area contributed by atoms with Crippen molar-refractivity contribution >= 4 is 27.3 Å². The van der Waals surface area contributed by atoms with Crippen LogP contribution in [-0.4, -0.2) is 5.11 Å². The third-order valence-corrected chi connectivity index (χ3v) is 3.49. The van der Waals surface area contributed by atoms with Gasteiger partial charge in [-0.2, -0.15) is 11.3 Å². The summed E-state index contributed by atoms with van der Waals surface area (Å²) < 4.78 is 0.984. The molecule has 0 aliphatic heterocycles. The van der Waals surface area contributed by atoms with E-state index < -0.39 is 0 Å². The van der Waals surface area contributed by atoms with Crippen LogP contribution in [0.4, 0.5) is 0 Å². The molecule has 0 saturated heterocycles. The Morgan fingerprint density at radius 1 is 1.25 bits per heavy atom. The van der Waals surface area contributed by atoms with E-state index in [9.17, 15) is 5.11 Å². The van der Waals surface area contributed by atoms with Crippen LogP contribution in [0.3, 0.4) is 0 Å². The summed E-state index contributed by atoms with van der Waals surface area (Å²) in [5.41, 5.74) is 2.18. The Balaban J connectivity index is 1.92. The largest absolute Gasteiger partial charge is 0.508 e. The van der Waals surface area contributed by atoms with E-state index in [1.54, 1.807) is 17.4 Å². The maximum atomic E-state index is 9.63. The first kappa shape index (κ1) is 11.6. The Bertz CT molecular complexity index is 456. The van der Waals surface area contributed by atoms with Gasteiger partial charge in [0, 0.05) is 23.1 Å². The normalized spacial score (nSPS) is 10.6. The highest BCUT2D eigenvalue weighted by molar-refractivity contribution is 9.10. The molecule has 0 radical (unpaired) electrons. The maximum Gasteiger partial charge on any atom is 0.120 e. The summed E-state index contributed by atoms with van der Waals surface area (Å²) in [4.78, 5) is 0. The number of hydrogen-bond acceptors (Lipinski definition) is 3. The molecule has 0 aliphatic rings. The number of rotatable bonds is 4. The Labute approximate surface area is 107 Å². The molecule has 84 valence electrons. The molecule has 2 N–H and O–H groups in total. The number of halogens is 1. The van der Waals surface area contributed by atoms with E-state index in [0.29, 0.717) is 12.3 Å². The number of nitrogens with one attached hydrogen (secondary N) is 1. The van der Waals surface area contributed by atoms with E-state index in [-0.39, 0.29) is 0 Å². The highest BCUT2D eigenvalue weighted by Gasteiger charge is 2.01. The van der Waals surface area contributed by atoms with Crippen LogP contribution < -0.4 is 5.32 Å². The van der Waals surface area contributed by atoms with Gasteiger partial charge in [-0.25, -0.2) is 0 Å². The zero-order valence-corrected chi connectivity index (χ0v) is 11.0. The van der Waals surface area contributed by atoms with Gasteiger partial charge in [0.25, 0.3) is 0 Å². The second kappa shape index (κ2) is 5.48. The number of hydrogen-bond donors (Lipinski definition) is 2. The number of phenols is 1. The minimum Gasteiger partial charge on any atom is -0.508 e. The van der Waals surface area contributed by atoms with Crippen molar-refractivity contribution in [3.05, 3.63) is 50.6 Å². The first-order valence-electron chi connectivity index (χ1n) is 4.95. The molecule has 0 spiro atoms. The van der Waals surface area contributed by atoms with Crippen LogP contribution in [0.25, 0.3) is 0 Å². The van der Waals surface area contributed by atoms with Crippen LogP contribution in [0.15, 0.2) is 39.5 Å². The molecule has 2 rings (SSSR count). The molecule has 4 heteroatoms. The Hall–Kier alpha value is -0.840. The van der Waals surface area contributed by atoms with E-state index in [4.69, 9.17) is 0 Å². The molecule has 1 heterocycles. The lowest BCUT2D eigenvalue weighted by molar-refractivity contribution is 0.464. The minimum absolute atomic E-state index is 0.334. The van der Waals surface area contributed by atoms with E-state index in [1.807, 2.05) is 12.1 Å². The van der Waals surface area contributed by atoms with Gasteiger partial charge in [-0.3, -0.25) is 0 Å². The summed E-state index contributed by atoms with van der Waals surface area (Å²) in [6.45, 7) is 1.50. The summed E-state index contributed by atoms with van der Waals surface area (Å²) >= 11 is 5.08. The summed E-state index contributed by atoms with van der Waals surface area (Å²) in [5, 5.41) is 17.1. The van der Waals surface area contributed by atoms with Crippen molar-refractivity contribution < 1.29 is 5.11 Å². The van der Waals surface area contributed by atoms with Crippen molar-refractivity contribution in [2.75, 3.05) is 0 Å². The molecule has 2 aromatic rings. The maximum absolute atomic E-state index is 9.63. The van der Waals surface area contributed by atoms with E-state index in [2.05, 4.69) is 38.1 Å². The number of aromatic hydroxyl groups is 1. The molecular formula is C12H12BrNOS. The quantitative estimate of drug-likeness (QED) is 0.905. The lowest BCUT2D eigenvalue weighted by atomic mass is 10.2. The molecular weight excluding hydrogens is 286 g/mol. The van der Waals surface area contributed by atoms with Crippen molar-refractivity contribution in [2.24, 2.45) is 0 Å². The van der Waals surface area contributed by atoms with Gasteiger partial charge < -0.3 is 10.4 Å². The van der Waals surface area contributed by atoms with Crippen molar-refractivity contribution in [3.8, 4) is 5.75 Å². The zero-order chi connectivity index (χ0) is 11.4. The zero-order valence-electron chi connectivity index (χ0n) is 8.61. The molecule has 0 unspecified atom stereocenters. The first-order chi connectivity index (χ1) is 7.75. The van der Waals surface area contributed by atoms with Gasteiger partial charge in [0.2, 0.25) is 0 Å². The monoisotopic (exact) mass is 297 g/mol. The number of phenolic OH excluding ortho intramolecular Hbond substituents is 1. The second-order valence-corrected chi connectivity index (χ2v) is 5.20. The van der Waals surface area contributed by atoms with Gasteiger partial charge in [-0.05, 0) is 40.6 Å². The average Bonchev–Trinajstić information content (AvgIpc) is 2.76. The molecule has 1 aromatic heterocycles. The van der Waals surface area contributed by atoms with Gasteiger partial charge in [-0.1, -0.05) is 15.9 Å². The molecule has 2 nitrogen and oxygen atoms in total. The second-order valence-electron chi connectivity index (χ2n) is 3.51. The van der Waals surface area contributed by atoms with Crippen molar-refractivity contribution in [1.29, 1.82) is 0 Å². The fraction of sp³-hybridized carbons (Fsp3) is 0.167. The summed E-state index contributed by atoms with van der Waals surface area (Å²) in [6, 6.07) is 7.55. The number of benzene rings is 1. The lowest BCUT2D eigenvalue weighted by Crippen LogP contribution is -2.12. The molecule has 0 aliphatic carbocycles. The summed E-state index contributed by atoms with van der Waals surface area (Å²) in [5.74, 6) is 0.334. The minimum atomic E-state index is 0.334. The molecule has 16 heavy (non-hydrogen) atoms. The van der Waals surface area contributed by atoms with Crippen LogP contribution in [0.5, 0.6) is 5.75 Å². The highest BCUT2D eigenvalue weighted by Crippen LogP contribution is 2.21. The first-order valence-corrected chi connectivity index (χ1v) is 6.68. The molecule has 0 saturated carbocycles. The Morgan fingerprint density at radius 3 is 2.88 bits per heavy atom. The van der Waals surface area contributed by atoms with Gasteiger partial charge in [0.05, 0.1) is 0 Å². The summed E-state index contributed by atoms with van der Waals surface area (Å²) in [6.07, 6.45) is 0. The predicted molar refractivity (Wildman–Crippen MR) is 70.7 cm³/mol. The average molecular weight is 298 g/mol. The standard InChI is InChI=1S/C12H12BrNOS/c13-11-1-2-12(15)10(5-11)7-14-6-9-3-4-16-8-9/h1-5,8,14-15H,6-7H2. The Kier molecular flexibility index (Phi) is 3.98. The van der Waals surface area contributed by atoms with Gasteiger partial charge in [0.15, 0.2) is 0 Å². The predicted octanol–water partition coefficient (Wildman–Crippen LogP) is 3.51. The smallest absolute Gasteiger partial charge is 0.120 e. The fourth-order valence-corrected chi connectivity index (χ4v) is 2.51. The van der Waals surface area contributed by atoms with Crippen molar-refractivity contribution in [2.45, 2.75) is 13.1 Å². The highest BCUT2D eigenvalue weighted by atomic mass is 79.9. The topological polar surface area (TPSA) is 32.3 Å². The number of thiophene rings is 1. The van der Waals surface area contributed by atoms with Crippen molar-refractivity contribution in [1.82, 2.24) is 5.32 Å². The third-order valence-electron chi connectivity index (χ3n) is 2.27. The van der Waals surface area contributed by atoms with Crippen LogP contribution in [0.1, 0.15) is 11.1 Å². The van der Waals surface area contributed by atoms with Crippen LogP contribution in [-0.2, 0) is 13.1 Å². The Morgan fingerprint density at radius 2 is 2.12 bits per heavy atom.